The van der Waals surface area contributed by atoms with Crippen LogP contribution in [-0.2, 0) is 20.9 Å². The third-order valence-corrected chi connectivity index (χ3v) is 2.19. The fourth-order valence-electron chi connectivity index (χ4n) is 1.37. The van der Waals surface area contributed by atoms with Crippen LogP contribution in [0.5, 0.6) is 0 Å². The molecule has 0 unspecified atom stereocenters. The van der Waals surface area contributed by atoms with Gasteiger partial charge in [0.2, 0.25) is 0 Å². The van der Waals surface area contributed by atoms with E-state index in [-0.39, 0.29) is 13.0 Å². The zero-order valence-electron chi connectivity index (χ0n) is 11.1. The molecule has 0 aliphatic heterocycles. The van der Waals surface area contributed by atoms with E-state index >= 15 is 0 Å². The van der Waals surface area contributed by atoms with Gasteiger partial charge in [0.15, 0.2) is 0 Å². The number of rotatable bonds is 5. The van der Waals surface area contributed by atoms with Crippen LogP contribution in [0.15, 0.2) is 35.3 Å². The van der Waals surface area contributed by atoms with Crippen molar-refractivity contribution in [3.8, 4) is 0 Å². The van der Waals surface area contributed by atoms with Gasteiger partial charge in [-0.15, -0.1) is 0 Å². The lowest BCUT2D eigenvalue weighted by molar-refractivity contribution is -0.141. The highest BCUT2D eigenvalue weighted by Crippen LogP contribution is 2.02. The third kappa shape index (κ3) is 6.35. The summed E-state index contributed by atoms with van der Waals surface area (Å²) in [5, 5.41) is 0. The Balaban J connectivity index is 2.39. The summed E-state index contributed by atoms with van der Waals surface area (Å²) in [6, 6.07) is 9.30. The van der Waals surface area contributed by atoms with Crippen LogP contribution in [0.1, 0.15) is 25.8 Å². The molecule has 0 spiro atoms. The molecule has 1 amide bonds. The molecule has 1 rings (SSSR count). The second-order valence-electron chi connectivity index (χ2n) is 3.87. The van der Waals surface area contributed by atoms with Gasteiger partial charge in [-0.1, -0.05) is 30.3 Å². The van der Waals surface area contributed by atoms with Crippen molar-refractivity contribution in [3.63, 3.8) is 0 Å². The number of amides is 1. The minimum Gasteiger partial charge on any atom is -0.466 e. The fourth-order valence-corrected chi connectivity index (χ4v) is 1.37. The predicted octanol–water partition coefficient (Wildman–Crippen LogP) is 2.74. The molecular weight excluding hydrogens is 246 g/mol. The Morgan fingerprint density at radius 1 is 1.16 bits per heavy atom. The Hall–Kier alpha value is -2.17. The second kappa shape index (κ2) is 8.02. The summed E-state index contributed by atoms with van der Waals surface area (Å²) >= 11 is 0. The summed E-state index contributed by atoms with van der Waals surface area (Å²) in [7, 11) is 0. The highest BCUT2D eigenvalue weighted by atomic mass is 16.5. The maximum atomic E-state index is 11.4. The number of hydrogen-bond donors (Lipinski definition) is 0. The Kier molecular flexibility index (Phi) is 6.29. The zero-order chi connectivity index (χ0) is 14.1. The van der Waals surface area contributed by atoms with Crippen molar-refractivity contribution < 1.29 is 19.1 Å². The van der Waals surface area contributed by atoms with E-state index in [0.29, 0.717) is 12.3 Å². The standard InChI is InChI=1S/C14H17NO4/c1-3-18-13(16)9-11(2)15-14(17)19-10-12-7-5-4-6-8-12/h4-8H,3,9-10H2,1-2H3. The Morgan fingerprint density at radius 2 is 1.84 bits per heavy atom. The maximum absolute atomic E-state index is 11.4. The number of aliphatic imine (C=N–C) groups is 1. The van der Waals surface area contributed by atoms with Crippen molar-refractivity contribution in [1.29, 1.82) is 0 Å². The van der Waals surface area contributed by atoms with Gasteiger partial charge < -0.3 is 9.47 Å². The van der Waals surface area contributed by atoms with Crippen LogP contribution in [0.4, 0.5) is 4.79 Å². The number of nitrogens with zero attached hydrogens (tertiary/aromatic N) is 1. The van der Waals surface area contributed by atoms with E-state index in [1.807, 2.05) is 30.3 Å². The molecule has 0 saturated carbocycles. The number of carbonyl (C=O) groups excluding carboxylic acids is 2. The molecule has 0 aliphatic rings. The van der Waals surface area contributed by atoms with E-state index in [1.54, 1.807) is 13.8 Å². The molecule has 5 nitrogen and oxygen atoms in total. The molecule has 0 radical (unpaired) electrons. The van der Waals surface area contributed by atoms with Gasteiger partial charge in [-0.05, 0) is 19.4 Å². The van der Waals surface area contributed by atoms with Gasteiger partial charge in [-0.3, -0.25) is 4.79 Å². The highest BCUT2D eigenvalue weighted by molar-refractivity contribution is 6.01. The lowest BCUT2D eigenvalue weighted by Gasteiger charge is -2.03. The van der Waals surface area contributed by atoms with Crippen molar-refractivity contribution in [2.45, 2.75) is 26.9 Å². The molecule has 0 N–H and O–H groups in total. The topological polar surface area (TPSA) is 65.0 Å². The maximum Gasteiger partial charge on any atom is 0.433 e. The monoisotopic (exact) mass is 263 g/mol. The fraction of sp³-hybridized carbons (Fsp3) is 0.357. The Morgan fingerprint density at radius 3 is 2.47 bits per heavy atom. The summed E-state index contributed by atoms with van der Waals surface area (Å²) < 4.78 is 9.71. The molecule has 0 aromatic heterocycles. The average Bonchev–Trinajstić information content (AvgIpc) is 2.37. The van der Waals surface area contributed by atoms with E-state index in [9.17, 15) is 9.59 Å². The van der Waals surface area contributed by atoms with Gasteiger partial charge in [0, 0.05) is 5.71 Å². The van der Waals surface area contributed by atoms with E-state index in [0.717, 1.165) is 5.56 Å². The number of benzene rings is 1. The third-order valence-electron chi connectivity index (χ3n) is 2.19. The quantitative estimate of drug-likeness (QED) is 0.605. The summed E-state index contributed by atoms with van der Waals surface area (Å²) in [6.07, 6.45) is -0.709. The van der Waals surface area contributed by atoms with E-state index < -0.39 is 12.1 Å². The molecule has 1 aromatic rings. The smallest absolute Gasteiger partial charge is 0.433 e. The predicted molar refractivity (Wildman–Crippen MR) is 71.0 cm³/mol. The minimum atomic E-state index is -0.703. The van der Waals surface area contributed by atoms with Crippen LogP contribution in [0.2, 0.25) is 0 Å². The summed E-state index contributed by atoms with van der Waals surface area (Å²) in [4.78, 5) is 26.2. The molecule has 0 atom stereocenters. The van der Waals surface area contributed by atoms with Crippen LogP contribution in [0, 0.1) is 0 Å². The Labute approximate surface area is 112 Å². The number of hydrogen-bond acceptors (Lipinski definition) is 4. The van der Waals surface area contributed by atoms with Crippen LogP contribution < -0.4 is 0 Å². The highest BCUT2D eigenvalue weighted by Gasteiger charge is 2.07. The lowest BCUT2D eigenvalue weighted by atomic mass is 10.2. The number of ether oxygens (including phenoxy) is 2. The minimum absolute atomic E-state index is 0.00568. The van der Waals surface area contributed by atoms with Crippen molar-refractivity contribution in [2.75, 3.05) is 6.61 Å². The van der Waals surface area contributed by atoms with Gasteiger partial charge in [0.25, 0.3) is 0 Å². The first-order valence-electron chi connectivity index (χ1n) is 6.02. The van der Waals surface area contributed by atoms with Gasteiger partial charge in [-0.25, -0.2) is 4.79 Å². The molecule has 102 valence electrons. The molecule has 0 aliphatic carbocycles. The number of carbonyl (C=O) groups is 2. The SMILES string of the molecule is CCOC(=O)CC(C)=NC(=O)OCc1ccccc1. The van der Waals surface area contributed by atoms with Crippen molar-refractivity contribution in [2.24, 2.45) is 4.99 Å². The van der Waals surface area contributed by atoms with Crippen LogP contribution >= 0.6 is 0 Å². The van der Waals surface area contributed by atoms with Gasteiger partial charge in [0.05, 0.1) is 13.0 Å². The molecule has 0 heterocycles. The van der Waals surface area contributed by atoms with E-state index in [4.69, 9.17) is 9.47 Å². The summed E-state index contributed by atoms with van der Waals surface area (Å²) in [5.74, 6) is -0.403. The lowest BCUT2D eigenvalue weighted by Crippen LogP contribution is -2.11. The van der Waals surface area contributed by atoms with Crippen molar-refractivity contribution in [3.05, 3.63) is 35.9 Å². The molecule has 1 aromatic carbocycles. The van der Waals surface area contributed by atoms with Crippen molar-refractivity contribution in [1.82, 2.24) is 0 Å². The van der Waals surface area contributed by atoms with Gasteiger partial charge in [-0.2, -0.15) is 4.99 Å². The van der Waals surface area contributed by atoms with Crippen LogP contribution in [-0.4, -0.2) is 24.4 Å². The molecular formula is C14H17NO4. The zero-order valence-corrected chi connectivity index (χ0v) is 11.1. The van der Waals surface area contributed by atoms with Gasteiger partial charge in [0.1, 0.15) is 6.61 Å². The van der Waals surface area contributed by atoms with E-state index in [2.05, 4.69) is 4.99 Å². The first-order valence-corrected chi connectivity index (χ1v) is 6.02. The first kappa shape index (κ1) is 14.9. The molecule has 0 bridgehead atoms. The number of esters is 1. The van der Waals surface area contributed by atoms with Crippen molar-refractivity contribution >= 4 is 17.8 Å². The molecule has 0 saturated heterocycles. The van der Waals surface area contributed by atoms with E-state index in [1.165, 1.54) is 0 Å². The first-order chi connectivity index (χ1) is 9.11. The normalized spacial score (nSPS) is 10.9. The Bertz CT molecular complexity index is 454. The summed E-state index contributed by atoms with van der Waals surface area (Å²) in [5.41, 5.74) is 1.26. The van der Waals surface area contributed by atoms with Crippen LogP contribution in [0.3, 0.4) is 0 Å². The average molecular weight is 263 g/mol. The summed E-state index contributed by atoms with van der Waals surface area (Å²) in [6.45, 7) is 3.78. The molecule has 19 heavy (non-hydrogen) atoms. The second-order valence-corrected chi connectivity index (χ2v) is 3.87. The molecule has 5 heteroatoms. The van der Waals surface area contributed by atoms with Crippen LogP contribution in [0.25, 0.3) is 0 Å². The largest absolute Gasteiger partial charge is 0.466 e. The van der Waals surface area contributed by atoms with Gasteiger partial charge >= 0.3 is 12.1 Å². The molecule has 0 fully saturated rings.